The maximum atomic E-state index is 11.8. The topological polar surface area (TPSA) is 30.0 Å². The Hall–Kier alpha value is -1.41. The van der Waals surface area contributed by atoms with Crippen molar-refractivity contribution >= 4 is 28.3 Å². The third-order valence-corrected chi connectivity index (χ3v) is 2.89. The van der Waals surface area contributed by atoms with Gasteiger partial charge in [-0.15, -0.1) is 0 Å². The first kappa shape index (κ1) is 11.1. The van der Waals surface area contributed by atoms with Gasteiger partial charge >= 0.3 is 0 Å². The van der Waals surface area contributed by atoms with Crippen molar-refractivity contribution in [2.45, 2.75) is 19.8 Å². The lowest BCUT2D eigenvalue weighted by Crippen LogP contribution is -2.00. The Morgan fingerprint density at radius 3 is 2.88 bits per heavy atom. The van der Waals surface area contributed by atoms with Crippen molar-refractivity contribution in [3.63, 3.8) is 0 Å². The molecule has 2 rings (SSSR count). The lowest BCUT2D eigenvalue weighted by Gasteiger charge is -2.05. The van der Waals surface area contributed by atoms with Gasteiger partial charge in [0.25, 0.3) is 0 Å². The summed E-state index contributed by atoms with van der Waals surface area (Å²) in [5, 5.41) is 1.36. The molecule has 1 aromatic heterocycles. The molecule has 0 N–H and O–H groups in total. The zero-order valence-electron chi connectivity index (χ0n) is 9.03. The Bertz CT molecular complexity index is 536. The van der Waals surface area contributed by atoms with Crippen LogP contribution in [0.5, 0.6) is 0 Å². The van der Waals surface area contributed by atoms with Crippen LogP contribution in [-0.2, 0) is 0 Å². The van der Waals surface area contributed by atoms with Crippen LogP contribution < -0.4 is 0 Å². The summed E-state index contributed by atoms with van der Waals surface area (Å²) < 4.78 is 0. The summed E-state index contributed by atoms with van der Waals surface area (Å²) in [6.07, 6.45) is 2.91. The van der Waals surface area contributed by atoms with Gasteiger partial charge in [-0.1, -0.05) is 36.7 Å². The largest absolute Gasteiger partial charge is 0.294 e. The van der Waals surface area contributed by atoms with Crippen LogP contribution in [0.15, 0.2) is 30.5 Å². The van der Waals surface area contributed by atoms with Gasteiger partial charge in [0, 0.05) is 18.0 Å². The number of Topliss-reactive ketones (excluding diaryl/α,β-unsaturated/α-hetero) is 1. The fraction of sp³-hybridized carbons (Fsp3) is 0.231. The number of ketones is 1. The van der Waals surface area contributed by atoms with Crippen molar-refractivity contribution in [1.29, 1.82) is 0 Å². The highest BCUT2D eigenvalue weighted by atomic mass is 35.5. The third kappa shape index (κ3) is 1.93. The molecule has 0 saturated heterocycles. The molecule has 0 aliphatic carbocycles. The van der Waals surface area contributed by atoms with E-state index in [1.807, 2.05) is 31.2 Å². The number of fused-ring (bicyclic) bond motifs is 1. The highest BCUT2D eigenvalue weighted by Crippen LogP contribution is 2.26. The molecule has 1 aromatic carbocycles. The molecule has 1 heterocycles. The van der Waals surface area contributed by atoms with Crippen LogP contribution in [0, 0.1) is 0 Å². The van der Waals surface area contributed by atoms with Crippen molar-refractivity contribution in [2.75, 3.05) is 0 Å². The van der Waals surface area contributed by atoms with E-state index in [4.69, 9.17) is 11.6 Å². The minimum absolute atomic E-state index is 0.0609. The van der Waals surface area contributed by atoms with Gasteiger partial charge in [0.2, 0.25) is 0 Å². The van der Waals surface area contributed by atoms with Gasteiger partial charge in [0.15, 0.2) is 5.78 Å². The molecule has 0 unspecified atom stereocenters. The van der Waals surface area contributed by atoms with Crippen molar-refractivity contribution in [3.8, 4) is 0 Å². The van der Waals surface area contributed by atoms with E-state index in [9.17, 15) is 4.79 Å². The zero-order chi connectivity index (χ0) is 11.5. The average Bonchev–Trinajstić information content (AvgIpc) is 2.30. The molecule has 0 amide bonds. The summed E-state index contributed by atoms with van der Waals surface area (Å²) in [7, 11) is 0. The number of para-hydroxylation sites is 1. The van der Waals surface area contributed by atoms with Crippen LogP contribution >= 0.6 is 11.6 Å². The molecule has 0 atom stereocenters. The molecule has 0 fully saturated rings. The van der Waals surface area contributed by atoms with E-state index < -0.39 is 0 Å². The third-order valence-electron chi connectivity index (χ3n) is 2.49. The minimum Gasteiger partial charge on any atom is -0.294 e. The molecule has 16 heavy (non-hydrogen) atoms. The number of hydrogen-bond acceptors (Lipinski definition) is 2. The standard InChI is InChI=1S/C13H12ClNO/c1-2-5-12(16)10-8-15-11-7-4-3-6-9(11)13(10)14/h3-4,6-8H,2,5H2,1H3. The number of nitrogens with zero attached hydrogens (tertiary/aromatic N) is 1. The minimum atomic E-state index is 0.0609. The molecule has 82 valence electrons. The summed E-state index contributed by atoms with van der Waals surface area (Å²) >= 11 is 6.21. The highest BCUT2D eigenvalue weighted by Gasteiger charge is 2.12. The normalized spacial score (nSPS) is 10.6. The van der Waals surface area contributed by atoms with Gasteiger partial charge in [-0.25, -0.2) is 0 Å². The van der Waals surface area contributed by atoms with Crippen LogP contribution in [0.1, 0.15) is 30.1 Å². The fourth-order valence-electron chi connectivity index (χ4n) is 1.66. The van der Waals surface area contributed by atoms with Gasteiger partial charge in [-0.3, -0.25) is 9.78 Å². The van der Waals surface area contributed by atoms with E-state index in [1.54, 1.807) is 6.20 Å². The van der Waals surface area contributed by atoms with Gasteiger partial charge in [0.05, 0.1) is 16.1 Å². The maximum Gasteiger partial charge on any atom is 0.165 e. The summed E-state index contributed by atoms with van der Waals surface area (Å²) in [5.74, 6) is 0.0609. The Kier molecular flexibility index (Phi) is 3.20. The van der Waals surface area contributed by atoms with Gasteiger partial charge in [-0.2, -0.15) is 0 Å². The number of halogens is 1. The molecular formula is C13H12ClNO. The van der Waals surface area contributed by atoms with Crippen LogP contribution in [0.4, 0.5) is 0 Å². The van der Waals surface area contributed by atoms with E-state index in [0.29, 0.717) is 17.0 Å². The number of aromatic nitrogens is 1. The molecule has 0 radical (unpaired) electrons. The molecule has 2 nitrogen and oxygen atoms in total. The lowest BCUT2D eigenvalue weighted by molar-refractivity contribution is 0.0981. The smallest absolute Gasteiger partial charge is 0.165 e. The Balaban J connectivity index is 2.56. The summed E-state index contributed by atoms with van der Waals surface area (Å²) in [6.45, 7) is 1.97. The number of hydrogen-bond donors (Lipinski definition) is 0. The van der Waals surface area contributed by atoms with Crippen LogP contribution in [-0.4, -0.2) is 10.8 Å². The van der Waals surface area contributed by atoms with E-state index in [1.165, 1.54) is 0 Å². The Morgan fingerprint density at radius 2 is 2.12 bits per heavy atom. The van der Waals surface area contributed by atoms with Crippen molar-refractivity contribution in [2.24, 2.45) is 0 Å². The Labute approximate surface area is 99.3 Å². The average molecular weight is 234 g/mol. The van der Waals surface area contributed by atoms with E-state index in [0.717, 1.165) is 17.3 Å². The first-order chi connectivity index (χ1) is 7.74. The van der Waals surface area contributed by atoms with Crippen LogP contribution in [0.25, 0.3) is 10.9 Å². The second-order valence-electron chi connectivity index (χ2n) is 3.68. The maximum absolute atomic E-state index is 11.8. The summed E-state index contributed by atoms with van der Waals surface area (Å²) in [5.41, 5.74) is 1.35. The fourth-order valence-corrected chi connectivity index (χ4v) is 1.98. The molecule has 0 aliphatic rings. The first-order valence-electron chi connectivity index (χ1n) is 5.30. The zero-order valence-corrected chi connectivity index (χ0v) is 9.79. The van der Waals surface area contributed by atoms with E-state index in [-0.39, 0.29) is 5.78 Å². The highest BCUT2D eigenvalue weighted by molar-refractivity contribution is 6.38. The molecule has 3 heteroatoms. The van der Waals surface area contributed by atoms with Crippen LogP contribution in [0.3, 0.4) is 0 Å². The molecule has 0 bridgehead atoms. The van der Waals surface area contributed by atoms with Crippen molar-refractivity contribution in [3.05, 3.63) is 41.0 Å². The number of rotatable bonds is 3. The van der Waals surface area contributed by atoms with Gasteiger partial charge in [-0.05, 0) is 12.5 Å². The predicted molar refractivity (Wildman–Crippen MR) is 66.0 cm³/mol. The first-order valence-corrected chi connectivity index (χ1v) is 5.68. The quantitative estimate of drug-likeness (QED) is 0.754. The second kappa shape index (κ2) is 4.62. The van der Waals surface area contributed by atoms with Crippen molar-refractivity contribution < 1.29 is 4.79 Å². The molecule has 0 aliphatic heterocycles. The number of carbonyl (C=O) groups is 1. The van der Waals surface area contributed by atoms with Gasteiger partial charge < -0.3 is 0 Å². The summed E-state index contributed by atoms with van der Waals surface area (Å²) in [6, 6.07) is 7.56. The van der Waals surface area contributed by atoms with Crippen molar-refractivity contribution in [1.82, 2.24) is 4.98 Å². The van der Waals surface area contributed by atoms with Gasteiger partial charge in [0.1, 0.15) is 0 Å². The molecule has 2 aromatic rings. The van der Waals surface area contributed by atoms with E-state index >= 15 is 0 Å². The SMILES string of the molecule is CCCC(=O)c1cnc2ccccc2c1Cl. The Morgan fingerprint density at radius 1 is 1.38 bits per heavy atom. The molecule has 0 spiro atoms. The second-order valence-corrected chi connectivity index (χ2v) is 4.05. The summed E-state index contributed by atoms with van der Waals surface area (Å²) in [4.78, 5) is 16.0. The number of pyridine rings is 1. The monoisotopic (exact) mass is 233 g/mol. The molecular weight excluding hydrogens is 222 g/mol. The van der Waals surface area contributed by atoms with Crippen LogP contribution in [0.2, 0.25) is 5.02 Å². The number of benzene rings is 1. The van der Waals surface area contributed by atoms with E-state index in [2.05, 4.69) is 4.98 Å². The lowest BCUT2D eigenvalue weighted by atomic mass is 10.1. The predicted octanol–water partition coefficient (Wildman–Crippen LogP) is 3.87. The number of carbonyl (C=O) groups excluding carboxylic acids is 1. The molecule has 0 saturated carbocycles.